The van der Waals surface area contributed by atoms with Crippen molar-refractivity contribution in [3.05, 3.63) is 11.6 Å². The zero-order chi connectivity index (χ0) is 5.70. The largest absolute Gasteiger partial charge is 0.392 e. The molecule has 0 saturated carbocycles. The highest BCUT2D eigenvalue weighted by Gasteiger charge is 1.83. The van der Waals surface area contributed by atoms with Crippen LogP contribution in [0.4, 0.5) is 0 Å². The minimum Gasteiger partial charge on any atom is -0.392 e. The lowest BCUT2D eigenvalue weighted by molar-refractivity contribution is 0.327. The molecule has 0 aromatic heterocycles. The molecule has 7 heavy (non-hydrogen) atoms. The SMILES string of the molecule is C/C=C(/CC)CO. The van der Waals surface area contributed by atoms with E-state index in [0.717, 1.165) is 12.0 Å². The van der Waals surface area contributed by atoms with Crippen molar-refractivity contribution in [3.8, 4) is 0 Å². The van der Waals surface area contributed by atoms with Gasteiger partial charge in [0.2, 0.25) is 0 Å². The molecule has 0 amide bonds. The fraction of sp³-hybridized carbons (Fsp3) is 0.667. The van der Waals surface area contributed by atoms with Crippen molar-refractivity contribution < 1.29 is 5.11 Å². The Balaban J connectivity index is 3.38. The first-order valence-corrected chi connectivity index (χ1v) is 2.60. The van der Waals surface area contributed by atoms with Crippen molar-refractivity contribution in [1.29, 1.82) is 0 Å². The van der Waals surface area contributed by atoms with Gasteiger partial charge in [-0.3, -0.25) is 0 Å². The van der Waals surface area contributed by atoms with Crippen LogP contribution in [0.2, 0.25) is 0 Å². The fourth-order valence-electron chi connectivity index (χ4n) is 0.407. The molecule has 0 radical (unpaired) electrons. The van der Waals surface area contributed by atoms with Crippen LogP contribution in [0.15, 0.2) is 11.6 Å². The second kappa shape index (κ2) is 3.88. The lowest BCUT2D eigenvalue weighted by Crippen LogP contribution is -1.85. The molecule has 0 fully saturated rings. The van der Waals surface area contributed by atoms with E-state index in [9.17, 15) is 0 Å². The number of hydrogen-bond acceptors (Lipinski definition) is 1. The van der Waals surface area contributed by atoms with Crippen LogP contribution in [-0.2, 0) is 0 Å². The molecule has 0 heterocycles. The Morgan fingerprint density at radius 1 is 1.71 bits per heavy atom. The Labute approximate surface area is 44.7 Å². The summed E-state index contributed by atoms with van der Waals surface area (Å²) < 4.78 is 0. The van der Waals surface area contributed by atoms with Crippen molar-refractivity contribution in [1.82, 2.24) is 0 Å². The van der Waals surface area contributed by atoms with Gasteiger partial charge in [-0.25, -0.2) is 0 Å². The maximum atomic E-state index is 8.46. The third-order valence-electron chi connectivity index (χ3n) is 1.07. The molecule has 0 aliphatic rings. The summed E-state index contributed by atoms with van der Waals surface area (Å²) in [4.78, 5) is 0. The van der Waals surface area contributed by atoms with Gasteiger partial charge in [0.15, 0.2) is 0 Å². The number of allylic oxidation sites excluding steroid dienone is 1. The van der Waals surface area contributed by atoms with Gasteiger partial charge in [0, 0.05) is 0 Å². The highest BCUT2D eigenvalue weighted by molar-refractivity contribution is 4.98. The summed E-state index contributed by atoms with van der Waals surface area (Å²) in [6, 6.07) is 0. The molecule has 1 N–H and O–H groups in total. The summed E-state index contributed by atoms with van der Waals surface area (Å²) in [6.07, 6.45) is 2.91. The zero-order valence-corrected chi connectivity index (χ0v) is 4.94. The Hall–Kier alpha value is -0.300. The number of aliphatic hydroxyl groups is 1. The first-order chi connectivity index (χ1) is 3.35. The molecule has 0 atom stereocenters. The molecular weight excluding hydrogens is 88.1 g/mol. The third kappa shape index (κ3) is 2.40. The highest BCUT2D eigenvalue weighted by Crippen LogP contribution is 1.95. The smallest absolute Gasteiger partial charge is 0.0641 e. The average molecular weight is 100 g/mol. The van der Waals surface area contributed by atoms with E-state index in [1.807, 2.05) is 19.9 Å². The number of hydrogen-bond donors (Lipinski definition) is 1. The molecule has 1 nitrogen and oxygen atoms in total. The summed E-state index contributed by atoms with van der Waals surface area (Å²) >= 11 is 0. The molecule has 0 saturated heterocycles. The van der Waals surface area contributed by atoms with Crippen LogP contribution in [0, 0.1) is 0 Å². The minimum atomic E-state index is 0.215. The molecule has 1 heteroatoms. The fourth-order valence-corrected chi connectivity index (χ4v) is 0.407. The van der Waals surface area contributed by atoms with Crippen LogP contribution >= 0.6 is 0 Å². The van der Waals surface area contributed by atoms with Crippen molar-refractivity contribution in [3.63, 3.8) is 0 Å². The topological polar surface area (TPSA) is 20.2 Å². The minimum absolute atomic E-state index is 0.215. The maximum absolute atomic E-state index is 8.46. The summed E-state index contributed by atoms with van der Waals surface area (Å²) in [5, 5.41) is 8.46. The van der Waals surface area contributed by atoms with Gasteiger partial charge in [-0.2, -0.15) is 0 Å². The molecular formula is C6H12O. The highest BCUT2D eigenvalue weighted by atomic mass is 16.3. The van der Waals surface area contributed by atoms with E-state index in [1.165, 1.54) is 0 Å². The first kappa shape index (κ1) is 6.70. The van der Waals surface area contributed by atoms with E-state index in [-0.39, 0.29) is 6.61 Å². The molecule has 0 aromatic rings. The van der Waals surface area contributed by atoms with Gasteiger partial charge in [-0.05, 0) is 18.9 Å². The normalized spacial score (nSPS) is 12.1. The number of rotatable bonds is 2. The van der Waals surface area contributed by atoms with E-state index in [0.29, 0.717) is 0 Å². The van der Waals surface area contributed by atoms with Crippen LogP contribution in [0.1, 0.15) is 20.3 Å². The Kier molecular flexibility index (Phi) is 3.71. The van der Waals surface area contributed by atoms with Gasteiger partial charge < -0.3 is 5.11 Å². The predicted molar refractivity (Wildman–Crippen MR) is 31.1 cm³/mol. The monoisotopic (exact) mass is 100 g/mol. The van der Waals surface area contributed by atoms with Gasteiger partial charge in [-0.15, -0.1) is 0 Å². The molecule has 42 valence electrons. The summed E-state index contributed by atoms with van der Waals surface area (Å²) in [6.45, 7) is 4.19. The Bertz CT molecular complexity index is 58.6. The molecule has 0 aromatic carbocycles. The quantitative estimate of drug-likeness (QED) is 0.519. The van der Waals surface area contributed by atoms with Crippen LogP contribution in [-0.4, -0.2) is 11.7 Å². The van der Waals surface area contributed by atoms with E-state index < -0.39 is 0 Å². The van der Waals surface area contributed by atoms with Gasteiger partial charge >= 0.3 is 0 Å². The van der Waals surface area contributed by atoms with Gasteiger partial charge in [0.25, 0.3) is 0 Å². The predicted octanol–water partition coefficient (Wildman–Crippen LogP) is 1.33. The van der Waals surface area contributed by atoms with Crippen molar-refractivity contribution >= 4 is 0 Å². The Morgan fingerprint density at radius 3 is 2.29 bits per heavy atom. The maximum Gasteiger partial charge on any atom is 0.0641 e. The molecule has 0 spiro atoms. The van der Waals surface area contributed by atoms with E-state index in [1.54, 1.807) is 0 Å². The Morgan fingerprint density at radius 2 is 2.29 bits per heavy atom. The second-order valence-electron chi connectivity index (χ2n) is 1.46. The van der Waals surface area contributed by atoms with Crippen LogP contribution < -0.4 is 0 Å². The van der Waals surface area contributed by atoms with Crippen LogP contribution in [0.25, 0.3) is 0 Å². The molecule has 0 aliphatic carbocycles. The lowest BCUT2D eigenvalue weighted by atomic mass is 10.2. The molecule has 0 aliphatic heterocycles. The van der Waals surface area contributed by atoms with Crippen molar-refractivity contribution in [2.75, 3.05) is 6.61 Å². The van der Waals surface area contributed by atoms with Crippen LogP contribution in [0.3, 0.4) is 0 Å². The summed E-state index contributed by atoms with van der Waals surface area (Å²) in [5.74, 6) is 0. The van der Waals surface area contributed by atoms with Crippen molar-refractivity contribution in [2.45, 2.75) is 20.3 Å². The zero-order valence-electron chi connectivity index (χ0n) is 4.94. The second-order valence-corrected chi connectivity index (χ2v) is 1.46. The lowest BCUT2D eigenvalue weighted by Gasteiger charge is -1.92. The van der Waals surface area contributed by atoms with Crippen molar-refractivity contribution in [2.24, 2.45) is 0 Å². The molecule has 0 unspecified atom stereocenters. The molecule has 0 bridgehead atoms. The van der Waals surface area contributed by atoms with E-state index in [4.69, 9.17) is 5.11 Å². The van der Waals surface area contributed by atoms with Gasteiger partial charge in [0.1, 0.15) is 0 Å². The average Bonchev–Trinajstić information content (AvgIpc) is 1.72. The molecule has 0 rings (SSSR count). The first-order valence-electron chi connectivity index (χ1n) is 2.60. The summed E-state index contributed by atoms with van der Waals surface area (Å²) in [7, 11) is 0. The van der Waals surface area contributed by atoms with E-state index in [2.05, 4.69) is 0 Å². The van der Waals surface area contributed by atoms with Gasteiger partial charge in [-0.1, -0.05) is 13.0 Å². The van der Waals surface area contributed by atoms with Crippen LogP contribution in [0.5, 0.6) is 0 Å². The summed E-state index contributed by atoms with van der Waals surface area (Å²) in [5.41, 5.74) is 1.11. The van der Waals surface area contributed by atoms with E-state index >= 15 is 0 Å². The van der Waals surface area contributed by atoms with Gasteiger partial charge in [0.05, 0.1) is 6.61 Å². The third-order valence-corrected chi connectivity index (χ3v) is 1.07. The number of aliphatic hydroxyl groups excluding tert-OH is 1. The standard InChI is InChI=1S/C6H12O/c1-3-6(4-2)5-7/h3,7H,4-5H2,1-2H3/b6-3-.